The molecule has 11 rings (SSSR count). The van der Waals surface area contributed by atoms with Crippen molar-refractivity contribution in [2.45, 2.75) is 118 Å². The van der Waals surface area contributed by atoms with E-state index in [4.69, 9.17) is 4.42 Å². The van der Waals surface area contributed by atoms with Crippen molar-refractivity contribution in [2.75, 3.05) is 9.80 Å². The summed E-state index contributed by atoms with van der Waals surface area (Å²) >= 11 is 1.99. The monoisotopic (exact) mass is 868 g/mol. The first-order valence-electron chi connectivity index (χ1n) is 23.7. The minimum atomic E-state index is -0.0320. The van der Waals surface area contributed by atoms with E-state index in [1.165, 1.54) is 104 Å². The van der Waals surface area contributed by atoms with Crippen molar-refractivity contribution in [3.05, 3.63) is 155 Å². The van der Waals surface area contributed by atoms with Crippen LogP contribution in [0.2, 0.25) is 0 Å². The molecule has 0 unspecified atom stereocenters. The average Bonchev–Trinajstić information content (AvgIpc) is 3.84. The van der Waals surface area contributed by atoms with Gasteiger partial charge in [-0.2, -0.15) is 0 Å². The van der Waals surface area contributed by atoms with Gasteiger partial charge in [0.05, 0.1) is 11.4 Å². The normalized spacial score (nSPS) is 14.8. The maximum absolute atomic E-state index is 6.64. The van der Waals surface area contributed by atoms with E-state index in [1.54, 1.807) is 0 Å². The lowest BCUT2D eigenvalue weighted by Crippen LogP contribution is -2.60. The molecule has 65 heavy (non-hydrogen) atoms. The van der Waals surface area contributed by atoms with Crippen LogP contribution in [0.15, 0.2) is 126 Å². The van der Waals surface area contributed by atoms with Crippen LogP contribution in [0.5, 0.6) is 0 Å². The van der Waals surface area contributed by atoms with E-state index in [0.717, 1.165) is 24.2 Å². The van der Waals surface area contributed by atoms with Crippen LogP contribution in [0, 0.1) is 0 Å². The van der Waals surface area contributed by atoms with Crippen LogP contribution in [-0.2, 0) is 28.1 Å². The van der Waals surface area contributed by atoms with Crippen LogP contribution in [0.4, 0.5) is 34.1 Å². The summed E-state index contributed by atoms with van der Waals surface area (Å²) in [6, 6.07) is 45.0. The molecule has 4 heterocycles. The highest BCUT2D eigenvalue weighted by molar-refractivity contribution is 7.34. The summed E-state index contributed by atoms with van der Waals surface area (Å²) in [5.74, 6) is 1.01. The molecule has 0 bridgehead atoms. The van der Waals surface area contributed by atoms with E-state index >= 15 is 0 Å². The fraction of sp³-hybridized carbons (Fsp3) is 0.300. The molecule has 3 aliphatic rings. The fourth-order valence-electron chi connectivity index (χ4n) is 10.6. The Kier molecular flexibility index (Phi) is 9.26. The quantitative estimate of drug-likeness (QED) is 0.165. The summed E-state index contributed by atoms with van der Waals surface area (Å²) in [7, 11) is 0. The van der Waals surface area contributed by atoms with Gasteiger partial charge in [0.2, 0.25) is 0 Å². The molecule has 1 aliphatic carbocycles. The molecule has 0 saturated carbocycles. The topological polar surface area (TPSA) is 19.6 Å². The van der Waals surface area contributed by atoms with E-state index in [9.17, 15) is 0 Å². The number of fused-ring (bicyclic) bond motifs is 10. The summed E-state index contributed by atoms with van der Waals surface area (Å²) in [5, 5.41) is 2.57. The Morgan fingerprint density at radius 3 is 1.80 bits per heavy atom. The van der Waals surface area contributed by atoms with Gasteiger partial charge in [-0.05, 0) is 134 Å². The van der Waals surface area contributed by atoms with Gasteiger partial charge in [0.15, 0.2) is 0 Å². The van der Waals surface area contributed by atoms with Crippen molar-refractivity contribution in [2.24, 2.45) is 0 Å². The number of thiophene rings is 1. The first-order chi connectivity index (χ1) is 30.8. The molecular formula is C60H61BN2OS. The molecule has 2 aliphatic heterocycles. The molecule has 0 atom stereocenters. The fourth-order valence-corrected chi connectivity index (χ4v) is 12.1. The molecule has 326 valence electrons. The van der Waals surface area contributed by atoms with Gasteiger partial charge in [-0.1, -0.05) is 150 Å². The number of hydrogen-bond acceptors (Lipinski definition) is 4. The average molecular weight is 869 g/mol. The Morgan fingerprint density at radius 2 is 1.15 bits per heavy atom. The van der Waals surface area contributed by atoms with Crippen molar-refractivity contribution in [3.8, 4) is 11.1 Å². The molecule has 3 nitrogen and oxygen atoms in total. The molecule has 0 amide bonds. The van der Waals surface area contributed by atoms with Crippen LogP contribution in [-0.4, -0.2) is 6.71 Å². The Labute approximate surface area is 390 Å². The van der Waals surface area contributed by atoms with Gasteiger partial charge in [0.25, 0.3) is 6.71 Å². The van der Waals surface area contributed by atoms with Gasteiger partial charge in [-0.15, -0.1) is 11.3 Å². The molecule has 6 aromatic carbocycles. The van der Waals surface area contributed by atoms with Crippen molar-refractivity contribution < 1.29 is 4.42 Å². The number of hydrogen-bond donors (Lipinski definition) is 0. The lowest BCUT2D eigenvalue weighted by molar-refractivity contribution is 0.590. The number of furan rings is 1. The minimum absolute atomic E-state index is 0.0216. The minimum Gasteiger partial charge on any atom is -0.456 e. The molecule has 2 aromatic heterocycles. The van der Waals surface area contributed by atoms with Crippen LogP contribution in [0.3, 0.4) is 0 Å². The Hall–Kier alpha value is -5.78. The third-order valence-electron chi connectivity index (χ3n) is 14.4. The van der Waals surface area contributed by atoms with Crippen LogP contribution in [0.1, 0.15) is 123 Å². The summed E-state index contributed by atoms with van der Waals surface area (Å²) in [6.45, 7) is 27.8. The number of allylic oxidation sites excluding steroid dienone is 1. The Bertz CT molecular complexity index is 3240. The third kappa shape index (κ3) is 6.66. The van der Waals surface area contributed by atoms with E-state index in [2.05, 4.69) is 220 Å². The highest BCUT2D eigenvalue weighted by atomic mass is 32.1. The summed E-state index contributed by atoms with van der Waals surface area (Å²) in [5.41, 5.74) is 20.3. The maximum atomic E-state index is 6.64. The smallest absolute Gasteiger partial charge is 0.264 e. The van der Waals surface area contributed by atoms with Crippen molar-refractivity contribution >= 4 is 95.0 Å². The second kappa shape index (κ2) is 14.4. The van der Waals surface area contributed by atoms with Gasteiger partial charge in [0, 0.05) is 54.1 Å². The van der Waals surface area contributed by atoms with Gasteiger partial charge in [-0.25, -0.2) is 0 Å². The second-order valence-corrected chi connectivity index (χ2v) is 24.0. The maximum Gasteiger partial charge on any atom is 0.264 e. The number of nitrogens with zero attached hydrogens (tertiary/aromatic N) is 2. The van der Waals surface area contributed by atoms with Crippen molar-refractivity contribution in [3.63, 3.8) is 0 Å². The molecule has 8 aromatic rings. The number of rotatable bonds is 3. The van der Waals surface area contributed by atoms with Gasteiger partial charge in [0.1, 0.15) is 11.3 Å². The predicted octanol–water partition coefficient (Wildman–Crippen LogP) is 15.5. The van der Waals surface area contributed by atoms with E-state index < -0.39 is 0 Å². The second-order valence-electron chi connectivity index (χ2n) is 23.0. The lowest BCUT2D eigenvalue weighted by atomic mass is 9.36. The molecule has 0 spiro atoms. The molecule has 5 heteroatoms. The van der Waals surface area contributed by atoms with Gasteiger partial charge in [-0.3, -0.25) is 0 Å². The zero-order valence-corrected chi connectivity index (χ0v) is 41.1. The van der Waals surface area contributed by atoms with E-state index in [0.29, 0.717) is 0 Å². The van der Waals surface area contributed by atoms with Crippen molar-refractivity contribution in [1.82, 2.24) is 0 Å². The first kappa shape index (κ1) is 41.9. The number of aryl methyl sites for hydroxylation is 1. The largest absolute Gasteiger partial charge is 0.456 e. The predicted molar refractivity (Wildman–Crippen MR) is 283 cm³/mol. The van der Waals surface area contributed by atoms with Crippen LogP contribution >= 0.6 is 11.3 Å². The highest BCUT2D eigenvalue weighted by Gasteiger charge is 2.46. The first-order valence-corrected chi connectivity index (χ1v) is 24.5. The summed E-state index contributed by atoms with van der Waals surface area (Å²) in [6.07, 6.45) is 6.46. The van der Waals surface area contributed by atoms with E-state index in [1.807, 2.05) is 11.3 Å². The van der Waals surface area contributed by atoms with Crippen molar-refractivity contribution in [1.29, 1.82) is 0 Å². The van der Waals surface area contributed by atoms with Crippen LogP contribution in [0.25, 0.3) is 38.3 Å². The van der Waals surface area contributed by atoms with Gasteiger partial charge < -0.3 is 14.2 Å². The third-order valence-corrected chi connectivity index (χ3v) is 15.7. The molecule has 0 saturated heterocycles. The number of benzene rings is 6. The highest BCUT2D eigenvalue weighted by Crippen LogP contribution is 2.52. The molecule has 0 N–H and O–H groups in total. The van der Waals surface area contributed by atoms with E-state index in [-0.39, 0.29) is 28.4 Å². The Balaban J connectivity index is 1.25. The Morgan fingerprint density at radius 1 is 0.569 bits per heavy atom. The summed E-state index contributed by atoms with van der Waals surface area (Å²) < 4.78 is 9.35. The zero-order chi connectivity index (χ0) is 45.5. The lowest BCUT2D eigenvalue weighted by Gasteiger charge is -2.44. The zero-order valence-electron chi connectivity index (χ0n) is 40.3. The molecule has 0 fully saturated rings. The SMILES string of the molecule is CC(C)(C)c1ccc(-c2cc(C(C)(C)C)ccc2N2c3cccc4c3B(c3cc(C(C)(C)C)ccc3N4c3ccc(C(C)(C)C)cc3)c3sc4c(ccc5oc6c(c54)CCC=C6)c32)cc1. The van der Waals surface area contributed by atoms with Crippen LogP contribution < -0.4 is 25.5 Å². The van der Waals surface area contributed by atoms with Gasteiger partial charge >= 0.3 is 0 Å². The summed E-state index contributed by atoms with van der Waals surface area (Å²) in [4.78, 5) is 5.20. The molecule has 0 radical (unpaired) electrons. The molecular weight excluding hydrogens is 808 g/mol. The standard InChI is InChI=1S/C60H61BN2OS/c1-57(2,3)37-22-20-36(21-23-37)44-34-39(59(7,8)9)26-31-46(44)63-49-18-15-17-48-53(49)61(56-54(63)43-30-33-51-52(55(43)65-56)42-16-13-14-19-50(42)64-51)45-35-40(60(10,11)12)27-32-47(45)62(48)41-28-24-38(25-29-41)58(4,5)6/h14-15,17-35H,13,16H2,1-12H3. The number of anilines is 6.